The van der Waals surface area contributed by atoms with Gasteiger partial charge in [0.15, 0.2) is 6.61 Å². The molecule has 1 aromatic carbocycles. The average Bonchev–Trinajstić information content (AvgIpc) is 3.24. The van der Waals surface area contributed by atoms with Crippen molar-refractivity contribution in [3.63, 3.8) is 0 Å². The molecule has 0 spiro atoms. The molecule has 2 aliphatic carbocycles. The summed E-state index contributed by atoms with van der Waals surface area (Å²) >= 11 is 1.46. The summed E-state index contributed by atoms with van der Waals surface area (Å²) < 4.78 is 5.15. The number of thioether (sulfide) groups is 1. The van der Waals surface area contributed by atoms with Crippen molar-refractivity contribution in [2.75, 3.05) is 12.4 Å². The maximum absolute atomic E-state index is 12.1. The first-order valence-corrected chi connectivity index (χ1v) is 10.6. The van der Waals surface area contributed by atoms with Gasteiger partial charge in [0, 0.05) is 10.9 Å². The number of benzene rings is 1. The van der Waals surface area contributed by atoms with Gasteiger partial charge < -0.3 is 10.1 Å². The fourth-order valence-corrected chi connectivity index (χ4v) is 5.42. The van der Waals surface area contributed by atoms with Crippen molar-refractivity contribution in [1.29, 1.82) is 0 Å². The van der Waals surface area contributed by atoms with Gasteiger partial charge in [0.25, 0.3) is 5.91 Å². The second kappa shape index (κ2) is 8.47. The fourth-order valence-electron chi connectivity index (χ4n) is 4.50. The van der Waals surface area contributed by atoms with Gasteiger partial charge in [-0.25, -0.2) is 0 Å². The fraction of sp³-hybridized carbons (Fsp3) is 0.619. The summed E-state index contributed by atoms with van der Waals surface area (Å²) in [5.41, 5.74) is 2.31. The van der Waals surface area contributed by atoms with Crippen LogP contribution in [0.4, 0.5) is 0 Å². The Kier molecular flexibility index (Phi) is 6.28. The summed E-state index contributed by atoms with van der Waals surface area (Å²) in [6.07, 6.45) is 5.23. The molecule has 2 bridgehead atoms. The quantitative estimate of drug-likeness (QED) is 0.580. The summed E-state index contributed by atoms with van der Waals surface area (Å²) in [7, 11) is 0. The third kappa shape index (κ3) is 4.81. The van der Waals surface area contributed by atoms with Crippen LogP contribution >= 0.6 is 11.8 Å². The van der Waals surface area contributed by atoms with E-state index in [0.717, 1.165) is 22.3 Å². The highest BCUT2D eigenvalue weighted by Gasteiger charge is 2.42. The molecular formula is C21H29NO3S. The predicted octanol–water partition coefficient (Wildman–Crippen LogP) is 3.88. The Morgan fingerprint density at radius 1 is 1.27 bits per heavy atom. The van der Waals surface area contributed by atoms with E-state index in [1.165, 1.54) is 43.0 Å². The van der Waals surface area contributed by atoms with Gasteiger partial charge in [-0.2, -0.15) is 0 Å². The highest BCUT2D eigenvalue weighted by molar-refractivity contribution is 8.00. The lowest BCUT2D eigenvalue weighted by atomic mass is 9.84. The molecule has 26 heavy (non-hydrogen) atoms. The first-order valence-electron chi connectivity index (χ1n) is 9.57. The van der Waals surface area contributed by atoms with Crippen LogP contribution in [0.1, 0.15) is 43.7 Å². The molecule has 1 amide bonds. The first kappa shape index (κ1) is 19.3. The zero-order chi connectivity index (χ0) is 18.7. The second-order valence-corrected chi connectivity index (χ2v) is 8.93. The summed E-state index contributed by atoms with van der Waals surface area (Å²) in [4.78, 5) is 25.1. The smallest absolute Gasteiger partial charge is 0.316 e. The van der Waals surface area contributed by atoms with Crippen LogP contribution in [-0.4, -0.2) is 30.3 Å². The third-order valence-corrected chi connectivity index (χ3v) is 7.01. The molecule has 5 heteroatoms. The van der Waals surface area contributed by atoms with E-state index < -0.39 is 0 Å². The van der Waals surface area contributed by atoms with E-state index in [1.54, 1.807) is 0 Å². The molecular weight excluding hydrogens is 346 g/mol. The maximum Gasteiger partial charge on any atom is 0.316 e. The highest BCUT2D eigenvalue weighted by Crippen LogP contribution is 2.49. The van der Waals surface area contributed by atoms with Crippen LogP contribution in [0, 0.1) is 31.6 Å². The third-order valence-electron chi connectivity index (χ3n) is 5.88. The Bertz CT molecular complexity index is 675. The minimum Gasteiger partial charge on any atom is -0.455 e. The normalized spacial score (nSPS) is 25.1. The average molecular weight is 376 g/mol. The minimum atomic E-state index is -0.348. The number of nitrogens with one attached hydrogen (secondary N) is 1. The van der Waals surface area contributed by atoms with Crippen LogP contribution in [-0.2, 0) is 14.3 Å². The zero-order valence-electron chi connectivity index (χ0n) is 15.9. The largest absolute Gasteiger partial charge is 0.455 e. The summed E-state index contributed by atoms with van der Waals surface area (Å²) in [6.45, 7) is 5.96. The molecule has 1 aromatic rings. The topological polar surface area (TPSA) is 55.4 Å². The number of aryl methyl sites for hydroxylation is 2. The van der Waals surface area contributed by atoms with Gasteiger partial charge >= 0.3 is 5.97 Å². The Balaban J connectivity index is 1.37. The van der Waals surface area contributed by atoms with Crippen molar-refractivity contribution in [2.45, 2.75) is 57.4 Å². The van der Waals surface area contributed by atoms with Gasteiger partial charge in [-0.3, -0.25) is 9.59 Å². The Morgan fingerprint density at radius 3 is 2.77 bits per heavy atom. The molecule has 0 aromatic heterocycles. The number of fused-ring (bicyclic) bond motifs is 2. The minimum absolute atomic E-state index is 0.167. The van der Waals surface area contributed by atoms with E-state index in [-0.39, 0.29) is 30.3 Å². The van der Waals surface area contributed by atoms with Crippen LogP contribution in [0.5, 0.6) is 0 Å². The number of carbonyl (C=O) groups is 2. The van der Waals surface area contributed by atoms with Crippen LogP contribution in [0.3, 0.4) is 0 Å². The van der Waals surface area contributed by atoms with E-state index in [1.807, 2.05) is 19.9 Å². The van der Waals surface area contributed by atoms with Gasteiger partial charge in [-0.1, -0.05) is 24.1 Å². The van der Waals surface area contributed by atoms with E-state index in [9.17, 15) is 9.59 Å². The molecule has 142 valence electrons. The van der Waals surface area contributed by atoms with Crippen molar-refractivity contribution < 1.29 is 14.3 Å². The lowest BCUT2D eigenvalue weighted by molar-refractivity contribution is -0.146. The van der Waals surface area contributed by atoms with Crippen LogP contribution in [0.25, 0.3) is 0 Å². The van der Waals surface area contributed by atoms with Crippen molar-refractivity contribution >= 4 is 23.6 Å². The van der Waals surface area contributed by atoms with Crippen molar-refractivity contribution in [3.8, 4) is 0 Å². The molecule has 4 atom stereocenters. The number of hydrogen-bond donors (Lipinski definition) is 1. The van der Waals surface area contributed by atoms with Gasteiger partial charge in [0.05, 0.1) is 5.75 Å². The van der Waals surface area contributed by atoms with Crippen molar-refractivity contribution in [1.82, 2.24) is 5.32 Å². The molecule has 0 unspecified atom stereocenters. The molecule has 2 saturated carbocycles. The summed E-state index contributed by atoms with van der Waals surface area (Å²) in [5.74, 6) is 1.91. The highest BCUT2D eigenvalue weighted by atomic mass is 32.2. The Hall–Kier alpha value is -1.49. The lowest BCUT2D eigenvalue weighted by Crippen LogP contribution is -2.42. The van der Waals surface area contributed by atoms with Crippen LogP contribution in [0.2, 0.25) is 0 Å². The monoisotopic (exact) mass is 375 g/mol. The molecule has 1 N–H and O–H groups in total. The predicted molar refractivity (Wildman–Crippen MR) is 104 cm³/mol. The number of amides is 1. The van der Waals surface area contributed by atoms with E-state index in [4.69, 9.17) is 4.74 Å². The van der Waals surface area contributed by atoms with Crippen LogP contribution < -0.4 is 5.32 Å². The number of rotatable bonds is 7. The molecule has 2 aliphatic rings. The number of carbonyl (C=O) groups excluding carboxylic acids is 2. The van der Waals surface area contributed by atoms with E-state index in [2.05, 4.69) is 24.4 Å². The lowest BCUT2D eigenvalue weighted by Gasteiger charge is -2.28. The van der Waals surface area contributed by atoms with E-state index >= 15 is 0 Å². The summed E-state index contributed by atoms with van der Waals surface area (Å²) in [6, 6.07) is 6.34. The molecule has 4 nitrogen and oxygen atoms in total. The molecule has 0 radical (unpaired) electrons. The van der Waals surface area contributed by atoms with Crippen LogP contribution in [0.15, 0.2) is 23.1 Å². The molecule has 3 rings (SSSR count). The van der Waals surface area contributed by atoms with Crippen molar-refractivity contribution in [2.24, 2.45) is 17.8 Å². The zero-order valence-corrected chi connectivity index (χ0v) is 16.7. The molecule has 2 fully saturated rings. The standard InChI is InChI=1S/C21H29NO3S/c1-13-4-5-14(2)19(8-13)26-12-21(24)25-11-20(23)22-15(3)18-10-16-6-7-17(18)9-16/h4-5,8,15-18H,6-7,9-12H2,1-3H3,(H,22,23)/t15-,16+,17+,18-/m0/s1. The Morgan fingerprint density at radius 2 is 2.08 bits per heavy atom. The number of ether oxygens (including phenoxy) is 1. The van der Waals surface area contributed by atoms with Gasteiger partial charge in [-0.05, 0) is 69.4 Å². The number of hydrogen-bond acceptors (Lipinski definition) is 4. The summed E-state index contributed by atoms with van der Waals surface area (Å²) in [5, 5.41) is 3.03. The Labute approximate surface area is 160 Å². The van der Waals surface area contributed by atoms with Gasteiger partial charge in [-0.15, -0.1) is 11.8 Å². The maximum atomic E-state index is 12.1. The molecule has 0 saturated heterocycles. The SMILES string of the molecule is Cc1ccc(C)c(SCC(=O)OCC(=O)N[C@@H](C)[C@@H]2C[C@@H]3CC[C@@H]2C3)c1. The number of esters is 1. The van der Waals surface area contributed by atoms with Crippen molar-refractivity contribution in [3.05, 3.63) is 29.3 Å². The molecule has 0 aliphatic heterocycles. The van der Waals surface area contributed by atoms with E-state index in [0.29, 0.717) is 5.92 Å². The first-order chi connectivity index (χ1) is 12.4. The second-order valence-electron chi connectivity index (χ2n) is 7.91. The van der Waals surface area contributed by atoms with Gasteiger partial charge in [0.1, 0.15) is 0 Å². The molecule has 0 heterocycles. The van der Waals surface area contributed by atoms with Gasteiger partial charge in [0.2, 0.25) is 0 Å².